The van der Waals surface area contributed by atoms with E-state index in [4.69, 9.17) is 0 Å². The summed E-state index contributed by atoms with van der Waals surface area (Å²) in [6.07, 6.45) is 4.00. The highest BCUT2D eigenvalue weighted by molar-refractivity contribution is 4.90. The van der Waals surface area contributed by atoms with Gasteiger partial charge in [-0.1, -0.05) is 13.3 Å². The van der Waals surface area contributed by atoms with Gasteiger partial charge in [-0.15, -0.1) is 0 Å². The van der Waals surface area contributed by atoms with Crippen molar-refractivity contribution in [1.29, 1.82) is 0 Å². The molecule has 1 unspecified atom stereocenters. The molecule has 1 saturated heterocycles. The molecule has 1 heterocycles. The van der Waals surface area contributed by atoms with Crippen molar-refractivity contribution in [2.45, 2.75) is 26.2 Å². The topological polar surface area (TPSA) is 16.6 Å². The van der Waals surface area contributed by atoms with E-state index in [2.05, 4.69) is 18.8 Å². The predicted octanol–water partition coefficient (Wildman–Crippen LogP) is 0.883. The summed E-state index contributed by atoms with van der Waals surface area (Å²) >= 11 is 0. The third kappa shape index (κ3) is 1.55. The molecule has 0 aliphatic carbocycles. The Morgan fingerprint density at radius 3 is 3.00 bits per heavy atom. The maximum absolute atomic E-state index is 4.00. The summed E-state index contributed by atoms with van der Waals surface area (Å²) in [6, 6.07) is 0. The first-order valence-electron chi connectivity index (χ1n) is 3.86. The van der Waals surface area contributed by atoms with Gasteiger partial charge >= 0.3 is 0 Å². The zero-order valence-electron chi connectivity index (χ0n) is 6.19. The Labute approximate surface area is 57.1 Å². The lowest BCUT2D eigenvalue weighted by Gasteiger charge is -2.02. The maximum atomic E-state index is 4.00. The molecule has 0 bridgehead atoms. The number of rotatable bonds is 2. The summed E-state index contributed by atoms with van der Waals surface area (Å²) in [6.45, 7) is 7.51. The van der Waals surface area contributed by atoms with E-state index in [1.54, 1.807) is 0 Å². The highest BCUT2D eigenvalue weighted by Gasteiger charge is 2.21. The largest absolute Gasteiger partial charge is 0.318 e. The molecular formula is C8H16N+. The highest BCUT2D eigenvalue weighted by atomic mass is 14.9. The standard InChI is InChI=1S/C8H15N/c1-3-4-8-5-6-9-7(8)2/h8-9H,2-6H2,1H3/p+1. The van der Waals surface area contributed by atoms with Gasteiger partial charge in [0.15, 0.2) is 0 Å². The smallest absolute Gasteiger partial charge is 0.102 e. The third-order valence-electron chi connectivity index (χ3n) is 2.08. The first kappa shape index (κ1) is 6.81. The minimum Gasteiger partial charge on any atom is -0.318 e. The normalized spacial score (nSPS) is 27.2. The quantitative estimate of drug-likeness (QED) is 0.565. The van der Waals surface area contributed by atoms with Gasteiger partial charge in [0.2, 0.25) is 0 Å². The molecule has 0 saturated carbocycles. The van der Waals surface area contributed by atoms with Gasteiger partial charge in [-0.05, 0) is 13.0 Å². The molecule has 0 radical (unpaired) electrons. The van der Waals surface area contributed by atoms with E-state index >= 15 is 0 Å². The van der Waals surface area contributed by atoms with E-state index in [0.717, 1.165) is 5.92 Å². The van der Waals surface area contributed by atoms with Crippen LogP contribution in [0.15, 0.2) is 12.3 Å². The van der Waals surface area contributed by atoms with Crippen molar-refractivity contribution < 1.29 is 5.32 Å². The fourth-order valence-electron chi connectivity index (χ4n) is 1.50. The van der Waals surface area contributed by atoms with Gasteiger partial charge in [0.05, 0.1) is 6.54 Å². The van der Waals surface area contributed by atoms with Crippen molar-refractivity contribution in [1.82, 2.24) is 0 Å². The fraction of sp³-hybridized carbons (Fsp3) is 0.750. The molecular weight excluding hydrogens is 110 g/mol. The molecule has 1 heteroatoms. The molecule has 52 valence electrons. The van der Waals surface area contributed by atoms with Crippen molar-refractivity contribution in [3.8, 4) is 0 Å². The third-order valence-corrected chi connectivity index (χ3v) is 2.08. The van der Waals surface area contributed by atoms with E-state index in [1.807, 2.05) is 0 Å². The second-order valence-electron chi connectivity index (χ2n) is 2.84. The fourth-order valence-corrected chi connectivity index (χ4v) is 1.50. The average molecular weight is 126 g/mol. The molecule has 9 heavy (non-hydrogen) atoms. The molecule has 1 nitrogen and oxygen atoms in total. The summed E-state index contributed by atoms with van der Waals surface area (Å²) in [5, 5.41) is 2.28. The molecule has 0 aromatic heterocycles. The Morgan fingerprint density at radius 2 is 2.56 bits per heavy atom. The minimum absolute atomic E-state index is 0.829. The van der Waals surface area contributed by atoms with Gasteiger partial charge in [-0.3, -0.25) is 0 Å². The van der Waals surface area contributed by atoms with Gasteiger partial charge in [-0.2, -0.15) is 0 Å². The van der Waals surface area contributed by atoms with Crippen LogP contribution in [0.25, 0.3) is 0 Å². The summed E-state index contributed by atoms with van der Waals surface area (Å²) < 4.78 is 0. The zero-order valence-corrected chi connectivity index (χ0v) is 6.19. The van der Waals surface area contributed by atoms with Crippen LogP contribution in [0.4, 0.5) is 0 Å². The number of hydrogen-bond donors (Lipinski definition) is 1. The Hall–Kier alpha value is -0.300. The molecule has 0 aromatic carbocycles. The highest BCUT2D eigenvalue weighted by Crippen LogP contribution is 2.17. The average Bonchev–Trinajstić information content (AvgIpc) is 2.18. The molecule has 0 aromatic rings. The summed E-state index contributed by atoms with van der Waals surface area (Å²) in [5.74, 6) is 0.829. The van der Waals surface area contributed by atoms with Crippen molar-refractivity contribution in [3.05, 3.63) is 12.3 Å². The van der Waals surface area contributed by atoms with Gasteiger partial charge in [0, 0.05) is 12.3 Å². The van der Waals surface area contributed by atoms with Gasteiger partial charge < -0.3 is 5.32 Å². The molecule has 0 spiro atoms. The Balaban J connectivity index is 2.31. The van der Waals surface area contributed by atoms with Crippen molar-refractivity contribution in [2.75, 3.05) is 6.54 Å². The monoisotopic (exact) mass is 126 g/mol. The molecule has 0 amide bonds. The molecule has 1 aliphatic heterocycles. The van der Waals surface area contributed by atoms with E-state index in [9.17, 15) is 0 Å². The first-order chi connectivity index (χ1) is 4.34. The van der Waals surface area contributed by atoms with E-state index in [-0.39, 0.29) is 0 Å². The van der Waals surface area contributed by atoms with E-state index < -0.39 is 0 Å². The Morgan fingerprint density at radius 1 is 1.78 bits per heavy atom. The number of allylic oxidation sites excluding steroid dienone is 1. The van der Waals surface area contributed by atoms with E-state index in [1.165, 1.54) is 31.5 Å². The van der Waals surface area contributed by atoms with Crippen LogP contribution in [0.1, 0.15) is 26.2 Å². The van der Waals surface area contributed by atoms with Crippen LogP contribution >= 0.6 is 0 Å². The van der Waals surface area contributed by atoms with Crippen molar-refractivity contribution in [3.63, 3.8) is 0 Å². The zero-order chi connectivity index (χ0) is 6.69. The van der Waals surface area contributed by atoms with Gasteiger partial charge in [0.25, 0.3) is 0 Å². The van der Waals surface area contributed by atoms with Gasteiger partial charge in [0.1, 0.15) is 5.70 Å². The minimum atomic E-state index is 0.829. The second-order valence-corrected chi connectivity index (χ2v) is 2.84. The van der Waals surface area contributed by atoms with Crippen LogP contribution in [0.2, 0.25) is 0 Å². The van der Waals surface area contributed by atoms with Crippen LogP contribution in [0, 0.1) is 5.92 Å². The SMILES string of the molecule is C=C1[NH2+]CCC1CCC. The lowest BCUT2D eigenvalue weighted by molar-refractivity contribution is -0.592. The van der Waals surface area contributed by atoms with Crippen molar-refractivity contribution >= 4 is 0 Å². The second kappa shape index (κ2) is 3.02. The Kier molecular flexibility index (Phi) is 2.29. The molecule has 1 fully saturated rings. The Bertz CT molecular complexity index is 107. The molecule has 1 aliphatic rings. The van der Waals surface area contributed by atoms with Crippen molar-refractivity contribution in [2.24, 2.45) is 5.92 Å². The predicted molar refractivity (Wildman–Crippen MR) is 38.9 cm³/mol. The number of nitrogens with two attached hydrogens (primary N) is 1. The number of quaternary nitrogens is 1. The van der Waals surface area contributed by atoms with Crippen LogP contribution < -0.4 is 5.32 Å². The van der Waals surface area contributed by atoms with Crippen LogP contribution in [0.3, 0.4) is 0 Å². The van der Waals surface area contributed by atoms with Crippen LogP contribution in [0.5, 0.6) is 0 Å². The molecule has 2 N–H and O–H groups in total. The lowest BCUT2D eigenvalue weighted by Crippen LogP contribution is -2.78. The first-order valence-corrected chi connectivity index (χ1v) is 3.86. The molecule has 1 atom stereocenters. The lowest BCUT2D eigenvalue weighted by atomic mass is 10.0. The van der Waals surface area contributed by atoms with Gasteiger partial charge in [-0.25, -0.2) is 0 Å². The summed E-state index contributed by atoms with van der Waals surface area (Å²) in [5.41, 5.74) is 1.39. The summed E-state index contributed by atoms with van der Waals surface area (Å²) in [7, 11) is 0. The molecule has 1 rings (SSSR count). The maximum Gasteiger partial charge on any atom is 0.102 e. The van der Waals surface area contributed by atoms with Crippen LogP contribution in [-0.4, -0.2) is 6.54 Å². The van der Waals surface area contributed by atoms with Crippen LogP contribution in [-0.2, 0) is 0 Å². The number of hydrogen-bond acceptors (Lipinski definition) is 0. The summed E-state index contributed by atoms with van der Waals surface area (Å²) in [4.78, 5) is 0. The van der Waals surface area contributed by atoms with E-state index in [0.29, 0.717) is 0 Å².